The zero-order chi connectivity index (χ0) is 17.4. The summed E-state index contributed by atoms with van der Waals surface area (Å²) in [6.45, 7) is 7.68. The molecule has 23 heavy (non-hydrogen) atoms. The van der Waals surface area contributed by atoms with Crippen LogP contribution >= 0.6 is 0 Å². The van der Waals surface area contributed by atoms with Crippen LogP contribution in [0.2, 0.25) is 0 Å². The van der Waals surface area contributed by atoms with Gasteiger partial charge < -0.3 is 15.4 Å². The van der Waals surface area contributed by atoms with Crippen molar-refractivity contribution in [2.75, 3.05) is 7.11 Å². The Morgan fingerprint density at radius 3 is 2.17 bits per heavy atom. The monoisotopic (exact) mass is 318 g/mol. The van der Waals surface area contributed by atoms with Crippen molar-refractivity contribution >= 4 is 17.9 Å². The molecule has 5 nitrogen and oxygen atoms in total. The number of benzene rings is 1. The molecule has 5 heteroatoms. The van der Waals surface area contributed by atoms with Gasteiger partial charge >= 0.3 is 0 Å². The highest BCUT2D eigenvalue weighted by molar-refractivity contribution is 5.95. The van der Waals surface area contributed by atoms with Gasteiger partial charge in [-0.15, -0.1) is 0 Å². The van der Waals surface area contributed by atoms with Gasteiger partial charge in [-0.2, -0.15) is 0 Å². The highest BCUT2D eigenvalue weighted by Crippen LogP contribution is 2.12. The SMILES string of the molecule is COc1ccc(/C=C/C(=O)NC(C)C(=O)NC(C)C(C)C)cc1. The molecule has 0 fully saturated rings. The van der Waals surface area contributed by atoms with Crippen molar-refractivity contribution < 1.29 is 14.3 Å². The molecule has 2 N–H and O–H groups in total. The van der Waals surface area contributed by atoms with Gasteiger partial charge in [0.15, 0.2) is 0 Å². The fraction of sp³-hybridized carbons (Fsp3) is 0.444. The Morgan fingerprint density at radius 2 is 1.65 bits per heavy atom. The summed E-state index contributed by atoms with van der Waals surface area (Å²) in [7, 11) is 1.60. The highest BCUT2D eigenvalue weighted by atomic mass is 16.5. The van der Waals surface area contributed by atoms with E-state index in [9.17, 15) is 9.59 Å². The Balaban J connectivity index is 2.51. The second-order valence-corrected chi connectivity index (χ2v) is 5.88. The van der Waals surface area contributed by atoms with Gasteiger partial charge in [0.05, 0.1) is 7.11 Å². The maximum atomic E-state index is 12.0. The van der Waals surface area contributed by atoms with Gasteiger partial charge in [-0.1, -0.05) is 26.0 Å². The molecule has 126 valence electrons. The first-order valence-electron chi connectivity index (χ1n) is 7.76. The maximum absolute atomic E-state index is 12.0. The molecular formula is C18H26N2O3. The number of methoxy groups -OCH3 is 1. The van der Waals surface area contributed by atoms with Crippen LogP contribution in [0.5, 0.6) is 5.75 Å². The van der Waals surface area contributed by atoms with Gasteiger partial charge in [0, 0.05) is 12.1 Å². The summed E-state index contributed by atoms with van der Waals surface area (Å²) in [5.74, 6) is 0.617. The Hall–Kier alpha value is -2.30. The smallest absolute Gasteiger partial charge is 0.244 e. The zero-order valence-electron chi connectivity index (χ0n) is 14.4. The summed E-state index contributed by atoms with van der Waals surface area (Å²) in [5, 5.41) is 5.53. The predicted octanol–water partition coefficient (Wildman–Crippen LogP) is 2.37. The minimum atomic E-state index is -0.579. The number of amides is 2. The molecule has 0 radical (unpaired) electrons. The van der Waals surface area contributed by atoms with Gasteiger partial charge in [-0.25, -0.2) is 0 Å². The van der Waals surface area contributed by atoms with Crippen LogP contribution in [0.1, 0.15) is 33.3 Å². The van der Waals surface area contributed by atoms with Gasteiger partial charge in [0.1, 0.15) is 11.8 Å². The Labute approximate surface area is 138 Å². The largest absolute Gasteiger partial charge is 0.497 e. The van der Waals surface area contributed by atoms with E-state index in [1.165, 1.54) is 6.08 Å². The molecule has 2 atom stereocenters. The average molecular weight is 318 g/mol. The van der Waals surface area contributed by atoms with Crippen molar-refractivity contribution in [2.45, 2.75) is 39.8 Å². The lowest BCUT2D eigenvalue weighted by Crippen LogP contribution is -2.48. The van der Waals surface area contributed by atoms with Crippen LogP contribution in [0.25, 0.3) is 6.08 Å². The maximum Gasteiger partial charge on any atom is 0.244 e. The molecular weight excluding hydrogens is 292 g/mol. The number of rotatable bonds is 7. The lowest BCUT2D eigenvalue weighted by Gasteiger charge is -2.20. The van der Waals surface area contributed by atoms with E-state index in [2.05, 4.69) is 10.6 Å². The summed E-state index contributed by atoms with van der Waals surface area (Å²) < 4.78 is 5.07. The predicted molar refractivity (Wildman–Crippen MR) is 92.1 cm³/mol. The fourth-order valence-corrected chi connectivity index (χ4v) is 1.73. The van der Waals surface area contributed by atoms with Gasteiger partial charge in [0.2, 0.25) is 11.8 Å². The van der Waals surface area contributed by atoms with Crippen molar-refractivity contribution in [3.63, 3.8) is 0 Å². The molecule has 0 heterocycles. The lowest BCUT2D eigenvalue weighted by atomic mass is 10.1. The number of carbonyl (C=O) groups excluding carboxylic acids is 2. The molecule has 0 saturated heterocycles. The number of nitrogens with one attached hydrogen (secondary N) is 2. The number of ether oxygens (including phenoxy) is 1. The molecule has 2 amide bonds. The molecule has 0 saturated carbocycles. The van der Waals surface area contributed by atoms with Gasteiger partial charge in [-0.05, 0) is 43.5 Å². The first kappa shape index (κ1) is 18.7. The molecule has 0 bridgehead atoms. The minimum absolute atomic E-state index is 0.0664. The fourth-order valence-electron chi connectivity index (χ4n) is 1.73. The van der Waals surface area contributed by atoms with E-state index in [0.29, 0.717) is 5.92 Å². The third-order valence-electron chi connectivity index (χ3n) is 3.66. The Morgan fingerprint density at radius 1 is 1.04 bits per heavy atom. The molecule has 1 aromatic carbocycles. The second-order valence-electron chi connectivity index (χ2n) is 5.88. The first-order chi connectivity index (χ1) is 10.8. The van der Waals surface area contributed by atoms with Crippen LogP contribution < -0.4 is 15.4 Å². The van der Waals surface area contributed by atoms with Crippen molar-refractivity contribution in [3.05, 3.63) is 35.9 Å². The molecule has 2 unspecified atom stereocenters. The summed E-state index contributed by atoms with van der Waals surface area (Å²) in [5.41, 5.74) is 0.881. The van der Waals surface area contributed by atoms with Gasteiger partial charge in [0.25, 0.3) is 0 Å². The van der Waals surface area contributed by atoms with E-state index < -0.39 is 6.04 Å². The van der Waals surface area contributed by atoms with Crippen molar-refractivity contribution in [1.29, 1.82) is 0 Å². The third-order valence-corrected chi connectivity index (χ3v) is 3.66. The molecule has 0 aliphatic carbocycles. The minimum Gasteiger partial charge on any atom is -0.497 e. The summed E-state index contributed by atoms with van der Waals surface area (Å²) in [6, 6.07) is 6.83. The van der Waals surface area contributed by atoms with E-state index in [-0.39, 0.29) is 17.9 Å². The summed E-state index contributed by atoms with van der Waals surface area (Å²) in [6.07, 6.45) is 3.10. The van der Waals surface area contributed by atoms with E-state index in [1.54, 1.807) is 20.1 Å². The molecule has 0 aliphatic rings. The van der Waals surface area contributed by atoms with E-state index in [1.807, 2.05) is 45.0 Å². The van der Waals surface area contributed by atoms with Crippen LogP contribution in [-0.4, -0.2) is 31.0 Å². The molecule has 0 spiro atoms. The van der Waals surface area contributed by atoms with Crippen LogP contribution in [-0.2, 0) is 9.59 Å². The van der Waals surface area contributed by atoms with E-state index in [4.69, 9.17) is 4.74 Å². The molecule has 1 rings (SSSR count). The Bertz CT molecular complexity index is 550. The average Bonchev–Trinajstić information content (AvgIpc) is 2.53. The lowest BCUT2D eigenvalue weighted by molar-refractivity contribution is -0.127. The topological polar surface area (TPSA) is 67.4 Å². The van der Waals surface area contributed by atoms with Crippen LogP contribution in [0, 0.1) is 5.92 Å². The van der Waals surface area contributed by atoms with Crippen LogP contribution in [0.4, 0.5) is 0 Å². The van der Waals surface area contributed by atoms with Crippen molar-refractivity contribution in [2.24, 2.45) is 5.92 Å². The second kappa shape index (κ2) is 8.98. The third kappa shape index (κ3) is 6.55. The summed E-state index contributed by atoms with van der Waals surface area (Å²) in [4.78, 5) is 23.8. The normalized spacial score (nSPS) is 13.7. The number of hydrogen-bond donors (Lipinski definition) is 2. The first-order valence-corrected chi connectivity index (χ1v) is 7.76. The Kier molecular flexibility index (Phi) is 7.32. The standard InChI is InChI=1S/C18H26N2O3/c1-12(2)13(3)20-18(22)14(4)19-17(21)11-8-15-6-9-16(23-5)10-7-15/h6-14H,1-5H3,(H,19,21)(H,20,22)/b11-8+. The number of carbonyl (C=O) groups is 2. The van der Waals surface area contributed by atoms with Gasteiger partial charge in [-0.3, -0.25) is 9.59 Å². The summed E-state index contributed by atoms with van der Waals surface area (Å²) >= 11 is 0. The van der Waals surface area contributed by atoms with Crippen molar-refractivity contribution in [3.8, 4) is 5.75 Å². The highest BCUT2D eigenvalue weighted by Gasteiger charge is 2.17. The zero-order valence-corrected chi connectivity index (χ0v) is 14.4. The van der Waals surface area contributed by atoms with E-state index in [0.717, 1.165) is 11.3 Å². The molecule has 0 aromatic heterocycles. The van der Waals surface area contributed by atoms with Crippen molar-refractivity contribution in [1.82, 2.24) is 10.6 Å². The molecule has 1 aromatic rings. The van der Waals surface area contributed by atoms with E-state index >= 15 is 0 Å². The molecule has 0 aliphatic heterocycles. The quantitative estimate of drug-likeness (QED) is 0.759. The van der Waals surface area contributed by atoms with Crippen LogP contribution in [0.3, 0.4) is 0 Å². The number of hydrogen-bond acceptors (Lipinski definition) is 3. The van der Waals surface area contributed by atoms with Crippen LogP contribution in [0.15, 0.2) is 30.3 Å².